The van der Waals surface area contributed by atoms with Crippen LogP contribution in [0.15, 0.2) is 22.2 Å². The molecule has 2 N–H and O–H groups in total. The zero-order chi connectivity index (χ0) is 15.0. The van der Waals surface area contributed by atoms with E-state index in [2.05, 4.69) is 24.9 Å². The molecule has 0 aliphatic carbocycles. The number of thioether (sulfide) groups is 1. The first-order chi connectivity index (χ1) is 10.0. The van der Waals surface area contributed by atoms with Crippen LogP contribution in [-0.2, 0) is 5.75 Å². The predicted molar refractivity (Wildman–Crippen MR) is 82.5 cm³/mol. The van der Waals surface area contributed by atoms with E-state index in [9.17, 15) is 4.79 Å². The lowest BCUT2D eigenvalue weighted by Gasteiger charge is -2.02. The van der Waals surface area contributed by atoms with E-state index in [1.165, 1.54) is 11.8 Å². The van der Waals surface area contributed by atoms with Crippen molar-refractivity contribution < 1.29 is 0 Å². The molecule has 0 aliphatic heterocycles. The van der Waals surface area contributed by atoms with Crippen LogP contribution >= 0.6 is 11.8 Å². The van der Waals surface area contributed by atoms with Crippen LogP contribution in [0.2, 0.25) is 0 Å². The third-order valence-corrected chi connectivity index (χ3v) is 4.25. The average molecular weight is 301 g/mol. The summed E-state index contributed by atoms with van der Waals surface area (Å²) in [7, 11) is 0. The summed E-state index contributed by atoms with van der Waals surface area (Å²) >= 11 is 1.44. The fourth-order valence-electron chi connectivity index (χ4n) is 1.98. The van der Waals surface area contributed by atoms with Gasteiger partial charge in [0.25, 0.3) is 5.56 Å². The van der Waals surface area contributed by atoms with E-state index < -0.39 is 0 Å². The van der Waals surface area contributed by atoms with Gasteiger partial charge in [-0.25, -0.2) is 15.0 Å². The van der Waals surface area contributed by atoms with E-state index in [0.29, 0.717) is 22.1 Å². The Hall–Kier alpha value is -2.15. The molecule has 0 unspecified atom stereocenters. The number of aromatic nitrogens is 5. The molecular formula is C14H15N5OS. The van der Waals surface area contributed by atoms with Crippen molar-refractivity contribution in [3.05, 3.63) is 45.3 Å². The van der Waals surface area contributed by atoms with Gasteiger partial charge in [0.05, 0.1) is 11.3 Å². The SMILES string of the molecule is Cc1nc(SCc2nc3nccc(C)c3[nH]2)[nH]c(=O)c1C. The molecule has 3 heterocycles. The van der Waals surface area contributed by atoms with Crippen molar-refractivity contribution in [2.75, 3.05) is 0 Å². The van der Waals surface area contributed by atoms with Gasteiger partial charge in [0.2, 0.25) is 0 Å². The largest absolute Gasteiger partial charge is 0.340 e. The highest BCUT2D eigenvalue weighted by atomic mass is 32.2. The number of imidazole rings is 1. The van der Waals surface area contributed by atoms with Gasteiger partial charge in [-0.05, 0) is 32.4 Å². The molecule has 0 saturated carbocycles. The molecule has 0 aromatic carbocycles. The summed E-state index contributed by atoms with van der Waals surface area (Å²) in [5, 5.41) is 0.605. The summed E-state index contributed by atoms with van der Waals surface area (Å²) in [6.07, 6.45) is 1.75. The second kappa shape index (κ2) is 5.33. The number of aryl methyl sites for hydroxylation is 2. The van der Waals surface area contributed by atoms with Crippen molar-refractivity contribution in [3.8, 4) is 0 Å². The first kappa shape index (κ1) is 13.8. The highest BCUT2D eigenvalue weighted by molar-refractivity contribution is 7.98. The van der Waals surface area contributed by atoms with E-state index >= 15 is 0 Å². The zero-order valence-corrected chi connectivity index (χ0v) is 12.8. The molecule has 0 aliphatic rings. The lowest BCUT2D eigenvalue weighted by Crippen LogP contribution is -2.14. The van der Waals surface area contributed by atoms with Gasteiger partial charge in [0, 0.05) is 17.5 Å². The summed E-state index contributed by atoms with van der Waals surface area (Å²) in [4.78, 5) is 30.8. The summed E-state index contributed by atoms with van der Waals surface area (Å²) < 4.78 is 0. The Morgan fingerprint density at radius 1 is 1.19 bits per heavy atom. The van der Waals surface area contributed by atoms with Crippen molar-refractivity contribution in [1.29, 1.82) is 0 Å². The van der Waals surface area contributed by atoms with Gasteiger partial charge in [0.15, 0.2) is 10.8 Å². The Labute approximate surface area is 125 Å². The van der Waals surface area contributed by atoms with Crippen LogP contribution < -0.4 is 5.56 Å². The van der Waals surface area contributed by atoms with Crippen LogP contribution in [-0.4, -0.2) is 24.9 Å². The summed E-state index contributed by atoms with van der Waals surface area (Å²) in [6, 6.07) is 1.94. The van der Waals surface area contributed by atoms with Crippen molar-refractivity contribution in [1.82, 2.24) is 24.9 Å². The summed E-state index contributed by atoms with van der Waals surface area (Å²) in [5.74, 6) is 1.42. The molecule has 108 valence electrons. The third kappa shape index (κ3) is 2.69. The first-order valence-electron chi connectivity index (χ1n) is 6.55. The molecule has 0 radical (unpaired) electrons. The van der Waals surface area contributed by atoms with Crippen LogP contribution in [0, 0.1) is 20.8 Å². The van der Waals surface area contributed by atoms with Crippen LogP contribution in [0.4, 0.5) is 0 Å². The monoisotopic (exact) mass is 301 g/mol. The number of hydrogen-bond donors (Lipinski definition) is 2. The Kier molecular flexibility index (Phi) is 3.50. The van der Waals surface area contributed by atoms with Crippen LogP contribution in [0.25, 0.3) is 11.2 Å². The highest BCUT2D eigenvalue weighted by Crippen LogP contribution is 2.20. The van der Waals surface area contributed by atoms with Crippen molar-refractivity contribution in [2.45, 2.75) is 31.7 Å². The quantitative estimate of drug-likeness (QED) is 0.572. The minimum absolute atomic E-state index is 0.0906. The van der Waals surface area contributed by atoms with Gasteiger partial charge < -0.3 is 9.97 Å². The maximum atomic E-state index is 11.7. The van der Waals surface area contributed by atoms with Crippen molar-refractivity contribution >= 4 is 22.9 Å². The summed E-state index contributed by atoms with van der Waals surface area (Å²) in [5.41, 5.74) is 4.10. The average Bonchev–Trinajstić information content (AvgIpc) is 2.87. The Morgan fingerprint density at radius 3 is 2.71 bits per heavy atom. The minimum Gasteiger partial charge on any atom is -0.340 e. The first-order valence-corrected chi connectivity index (χ1v) is 7.53. The molecule has 0 bridgehead atoms. The zero-order valence-electron chi connectivity index (χ0n) is 12.0. The predicted octanol–water partition coefficient (Wildman–Crippen LogP) is 2.26. The Morgan fingerprint density at radius 2 is 2.00 bits per heavy atom. The molecule has 0 spiro atoms. The Balaban J connectivity index is 1.83. The van der Waals surface area contributed by atoms with Crippen molar-refractivity contribution in [3.63, 3.8) is 0 Å². The number of nitrogens with zero attached hydrogens (tertiary/aromatic N) is 3. The van der Waals surface area contributed by atoms with Gasteiger partial charge >= 0.3 is 0 Å². The van der Waals surface area contributed by atoms with E-state index in [-0.39, 0.29) is 5.56 Å². The minimum atomic E-state index is -0.0906. The molecular weight excluding hydrogens is 286 g/mol. The number of pyridine rings is 1. The molecule has 0 fully saturated rings. The second-order valence-electron chi connectivity index (χ2n) is 4.88. The van der Waals surface area contributed by atoms with Gasteiger partial charge in [-0.3, -0.25) is 4.79 Å². The second-order valence-corrected chi connectivity index (χ2v) is 5.84. The molecule has 21 heavy (non-hydrogen) atoms. The van der Waals surface area contributed by atoms with Gasteiger partial charge in [0.1, 0.15) is 5.82 Å². The maximum absolute atomic E-state index is 11.7. The molecule has 0 atom stereocenters. The number of fused-ring (bicyclic) bond motifs is 1. The van der Waals surface area contributed by atoms with Crippen LogP contribution in [0.3, 0.4) is 0 Å². The van der Waals surface area contributed by atoms with Crippen molar-refractivity contribution in [2.24, 2.45) is 0 Å². The van der Waals surface area contributed by atoms with Crippen LogP contribution in [0.5, 0.6) is 0 Å². The third-order valence-electron chi connectivity index (χ3n) is 3.37. The molecule has 0 amide bonds. The van der Waals surface area contributed by atoms with E-state index in [0.717, 1.165) is 22.6 Å². The van der Waals surface area contributed by atoms with E-state index in [4.69, 9.17) is 0 Å². The van der Waals surface area contributed by atoms with Gasteiger partial charge in [-0.1, -0.05) is 11.8 Å². The van der Waals surface area contributed by atoms with Gasteiger partial charge in [-0.15, -0.1) is 0 Å². The smallest absolute Gasteiger partial charge is 0.254 e. The molecule has 3 aromatic heterocycles. The fourth-order valence-corrected chi connectivity index (χ4v) is 2.75. The Bertz CT molecular complexity index is 867. The molecule has 3 rings (SSSR count). The molecule has 3 aromatic rings. The highest BCUT2D eigenvalue weighted by Gasteiger charge is 2.08. The number of aromatic amines is 2. The maximum Gasteiger partial charge on any atom is 0.254 e. The molecule has 6 nitrogen and oxygen atoms in total. The number of hydrogen-bond acceptors (Lipinski definition) is 5. The summed E-state index contributed by atoms with van der Waals surface area (Å²) in [6.45, 7) is 5.62. The standard InChI is InChI=1S/C14H15N5OS/c1-7-4-5-15-12-11(7)17-10(18-12)6-21-14-16-9(3)8(2)13(20)19-14/h4-5H,6H2,1-3H3,(H,15,17,18)(H,16,19,20). The van der Waals surface area contributed by atoms with E-state index in [1.807, 2.05) is 19.9 Å². The van der Waals surface area contributed by atoms with Gasteiger partial charge in [-0.2, -0.15) is 0 Å². The topological polar surface area (TPSA) is 87.3 Å². The lowest BCUT2D eigenvalue weighted by molar-refractivity contribution is 0.882. The number of H-pyrrole nitrogens is 2. The normalized spacial score (nSPS) is 11.2. The molecule has 7 heteroatoms. The van der Waals surface area contributed by atoms with E-state index in [1.54, 1.807) is 13.1 Å². The van der Waals surface area contributed by atoms with Crippen LogP contribution in [0.1, 0.15) is 22.6 Å². The lowest BCUT2D eigenvalue weighted by atomic mass is 10.3. The number of nitrogens with one attached hydrogen (secondary N) is 2. The molecule has 0 saturated heterocycles. The number of rotatable bonds is 3. The fraction of sp³-hybridized carbons (Fsp3) is 0.286.